The molecular weight excluding hydrogens is 146 g/mol. The summed E-state index contributed by atoms with van der Waals surface area (Å²) >= 11 is 0. The molecule has 0 radical (unpaired) electrons. The Morgan fingerprint density at radius 2 is 1.67 bits per heavy atom. The van der Waals surface area contributed by atoms with Crippen LogP contribution in [0.25, 0.3) is 0 Å². The molecule has 1 atom stereocenters. The topological polar surface area (TPSA) is 12.0 Å². The van der Waals surface area contributed by atoms with Crippen molar-refractivity contribution in [3.63, 3.8) is 0 Å². The zero-order valence-electron chi connectivity index (χ0n) is 8.23. The number of hydrogen-bond acceptors (Lipinski definition) is 1. The molecule has 0 amide bonds. The molecule has 2 fully saturated rings. The Kier molecular flexibility index (Phi) is 2.40. The van der Waals surface area contributed by atoms with Crippen LogP contribution in [0.15, 0.2) is 0 Å². The van der Waals surface area contributed by atoms with E-state index in [-0.39, 0.29) is 0 Å². The third-order valence-electron chi connectivity index (χ3n) is 4.10. The molecule has 12 heavy (non-hydrogen) atoms. The summed E-state index contributed by atoms with van der Waals surface area (Å²) in [5, 5.41) is 3.52. The SMILES string of the molecule is CNC1CCCC12CCCCC2. The standard InChI is InChI=1S/C11H21N/c1-12-10-6-5-9-11(10)7-3-2-4-8-11/h10,12H,2-9H2,1H3. The maximum absolute atomic E-state index is 3.52. The van der Waals surface area contributed by atoms with Crippen LogP contribution in [-0.4, -0.2) is 13.1 Å². The lowest BCUT2D eigenvalue weighted by Crippen LogP contribution is -2.40. The lowest BCUT2D eigenvalue weighted by Gasteiger charge is -2.38. The van der Waals surface area contributed by atoms with Gasteiger partial charge < -0.3 is 5.32 Å². The fraction of sp³-hybridized carbons (Fsp3) is 1.00. The van der Waals surface area contributed by atoms with Gasteiger partial charge in [0.15, 0.2) is 0 Å². The molecule has 1 unspecified atom stereocenters. The van der Waals surface area contributed by atoms with Crippen molar-refractivity contribution in [2.75, 3.05) is 7.05 Å². The van der Waals surface area contributed by atoms with Crippen LogP contribution in [0.5, 0.6) is 0 Å². The van der Waals surface area contributed by atoms with Gasteiger partial charge in [-0.15, -0.1) is 0 Å². The normalized spacial score (nSPS) is 34.2. The van der Waals surface area contributed by atoms with Crippen molar-refractivity contribution in [1.82, 2.24) is 5.32 Å². The molecule has 70 valence electrons. The van der Waals surface area contributed by atoms with E-state index in [1.165, 1.54) is 51.4 Å². The maximum Gasteiger partial charge on any atom is 0.0120 e. The van der Waals surface area contributed by atoms with Gasteiger partial charge in [-0.2, -0.15) is 0 Å². The van der Waals surface area contributed by atoms with Crippen molar-refractivity contribution in [3.8, 4) is 0 Å². The number of hydrogen-bond donors (Lipinski definition) is 1. The molecule has 1 nitrogen and oxygen atoms in total. The average Bonchev–Trinajstić information content (AvgIpc) is 2.49. The Morgan fingerprint density at radius 1 is 1.00 bits per heavy atom. The summed E-state index contributed by atoms with van der Waals surface area (Å²) in [6.07, 6.45) is 11.8. The van der Waals surface area contributed by atoms with E-state index >= 15 is 0 Å². The van der Waals surface area contributed by atoms with Gasteiger partial charge in [-0.05, 0) is 38.1 Å². The summed E-state index contributed by atoms with van der Waals surface area (Å²) in [6.45, 7) is 0. The van der Waals surface area contributed by atoms with Crippen LogP contribution in [0.2, 0.25) is 0 Å². The minimum Gasteiger partial charge on any atom is -0.316 e. The fourth-order valence-electron chi connectivity index (χ4n) is 3.44. The minimum atomic E-state index is 0.729. The lowest BCUT2D eigenvalue weighted by atomic mass is 9.70. The van der Waals surface area contributed by atoms with Gasteiger partial charge in [0.1, 0.15) is 0 Å². The highest BCUT2D eigenvalue weighted by molar-refractivity contribution is 4.97. The van der Waals surface area contributed by atoms with Crippen LogP contribution in [0.3, 0.4) is 0 Å². The molecule has 2 aliphatic rings. The molecule has 0 bridgehead atoms. The molecule has 0 aromatic heterocycles. The van der Waals surface area contributed by atoms with Crippen LogP contribution in [0, 0.1) is 5.41 Å². The van der Waals surface area contributed by atoms with Crippen molar-refractivity contribution in [1.29, 1.82) is 0 Å². The first-order valence-corrected chi connectivity index (χ1v) is 5.55. The van der Waals surface area contributed by atoms with Gasteiger partial charge in [-0.1, -0.05) is 25.7 Å². The summed E-state index contributed by atoms with van der Waals surface area (Å²) in [4.78, 5) is 0. The number of rotatable bonds is 1. The molecule has 2 saturated carbocycles. The molecule has 0 aliphatic heterocycles. The molecule has 2 rings (SSSR count). The van der Waals surface area contributed by atoms with Crippen LogP contribution >= 0.6 is 0 Å². The lowest BCUT2D eigenvalue weighted by molar-refractivity contribution is 0.155. The first-order chi connectivity index (χ1) is 5.87. The summed E-state index contributed by atoms with van der Waals surface area (Å²) in [7, 11) is 2.15. The molecule has 1 spiro atoms. The predicted octanol–water partition coefficient (Wildman–Crippen LogP) is 2.71. The van der Waals surface area contributed by atoms with E-state index in [2.05, 4.69) is 12.4 Å². The van der Waals surface area contributed by atoms with Crippen molar-refractivity contribution in [2.24, 2.45) is 5.41 Å². The Morgan fingerprint density at radius 3 is 2.33 bits per heavy atom. The Balaban J connectivity index is 2.05. The second-order valence-electron chi connectivity index (χ2n) is 4.66. The second kappa shape index (κ2) is 3.37. The van der Waals surface area contributed by atoms with E-state index in [4.69, 9.17) is 0 Å². The highest BCUT2D eigenvalue weighted by atomic mass is 14.9. The summed E-state index contributed by atoms with van der Waals surface area (Å²) in [6, 6.07) is 0.845. The zero-order chi connectivity index (χ0) is 8.44. The summed E-state index contributed by atoms with van der Waals surface area (Å²) in [5.41, 5.74) is 0.729. The van der Waals surface area contributed by atoms with Gasteiger partial charge in [0.25, 0.3) is 0 Å². The molecule has 1 heteroatoms. The highest BCUT2D eigenvalue weighted by Crippen LogP contribution is 2.48. The maximum atomic E-state index is 3.52. The van der Waals surface area contributed by atoms with Gasteiger partial charge in [0.05, 0.1) is 0 Å². The highest BCUT2D eigenvalue weighted by Gasteiger charge is 2.42. The van der Waals surface area contributed by atoms with Gasteiger partial charge >= 0.3 is 0 Å². The predicted molar refractivity (Wildman–Crippen MR) is 52.2 cm³/mol. The number of nitrogens with one attached hydrogen (secondary N) is 1. The first-order valence-electron chi connectivity index (χ1n) is 5.55. The first kappa shape index (κ1) is 8.55. The molecular formula is C11H21N. The molecule has 0 heterocycles. The molecule has 0 aromatic rings. The Hall–Kier alpha value is -0.0400. The third kappa shape index (κ3) is 1.28. The minimum absolute atomic E-state index is 0.729. The Bertz CT molecular complexity index is 147. The van der Waals surface area contributed by atoms with E-state index in [0.717, 1.165) is 11.5 Å². The fourth-order valence-corrected chi connectivity index (χ4v) is 3.44. The summed E-state index contributed by atoms with van der Waals surface area (Å²) in [5.74, 6) is 0. The monoisotopic (exact) mass is 167 g/mol. The largest absolute Gasteiger partial charge is 0.316 e. The van der Waals surface area contributed by atoms with E-state index in [1.54, 1.807) is 0 Å². The summed E-state index contributed by atoms with van der Waals surface area (Å²) < 4.78 is 0. The van der Waals surface area contributed by atoms with Crippen molar-refractivity contribution in [2.45, 2.75) is 57.4 Å². The smallest absolute Gasteiger partial charge is 0.0120 e. The van der Waals surface area contributed by atoms with Crippen molar-refractivity contribution < 1.29 is 0 Å². The van der Waals surface area contributed by atoms with Crippen LogP contribution in [0.4, 0.5) is 0 Å². The van der Waals surface area contributed by atoms with Crippen molar-refractivity contribution in [3.05, 3.63) is 0 Å². The quantitative estimate of drug-likeness (QED) is 0.633. The van der Waals surface area contributed by atoms with Crippen LogP contribution in [-0.2, 0) is 0 Å². The second-order valence-corrected chi connectivity index (χ2v) is 4.66. The van der Waals surface area contributed by atoms with Gasteiger partial charge in [-0.3, -0.25) is 0 Å². The Labute approximate surface area is 75.9 Å². The van der Waals surface area contributed by atoms with E-state index < -0.39 is 0 Å². The zero-order valence-corrected chi connectivity index (χ0v) is 8.23. The van der Waals surface area contributed by atoms with E-state index in [1.807, 2.05) is 0 Å². The molecule has 0 saturated heterocycles. The van der Waals surface area contributed by atoms with Crippen molar-refractivity contribution >= 4 is 0 Å². The molecule has 1 N–H and O–H groups in total. The van der Waals surface area contributed by atoms with Gasteiger partial charge in [-0.25, -0.2) is 0 Å². The molecule has 2 aliphatic carbocycles. The molecule has 0 aromatic carbocycles. The van der Waals surface area contributed by atoms with E-state index in [9.17, 15) is 0 Å². The average molecular weight is 167 g/mol. The van der Waals surface area contributed by atoms with Crippen LogP contribution < -0.4 is 5.32 Å². The third-order valence-corrected chi connectivity index (χ3v) is 4.10. The van der Waals surface area contributed by atoms with Crippen LogP contribution in [0.1, 0.15) is 51.4 Å². The van der Waals surface area contributed by atoms with Gasteiger partial charge in [0.2, 0.25) is 0 Å². The van der Waals surface area contributed by atoms with Gasteiger partial charge in [0, 0.05) is 6.04 Å². The van der Waals surface area contributed by atoms with E-state index in [0.29, 0.717) is 0 Å².